The smallest absolute Gasteiger partial charge is 0.287 e. The highest BCUT2D eigenvalue weighted by Crippen LogP contribution is 2.32. The van der Waals surface area contributed by atoms with Gasteiger partial charge in [-0.25, -0.2) is 9.78 Å². The van der Waals surface area contributed by atoms with E-state index < -0.39 is 11.6 Å². The third kappa shape index (κ3) is 3.17. The molecule has 2 aromatic rings. The van der Waals surface area contributed by atoms with Crippen molar-refractivity contribution in [1.29, 1.82) is 0 Å². The zero-order valence-corrected chi connectivity index (χ0v) is 11.8. The highest BCUT2D eigenvalue weighted by molar-refractivity contribution is 6.01. The lowest BCUT2D eigenvalue weighted by molar-refractivity contribution is -0.486. The molecule has 0 spiro atoms. The lowest BCUT2D eigenvalue weighted by atomic mass is 9.96. The van der Waals surface area contributed by atoms with Gasteiger partial charge in [-0.15, -0.1) is 0 Å². The Bertz CT molecular complexity index is 562. The molecule has 0 bridgehead atoms. The molecule has 21 heavy (non-hydrogen) atoms. The summed E-state index contributed by atoms with van der Waals surface area (Å²) in [5.74, 6) is -2.26. The van der Waals surface area contributed by atoms with Crippen molar-refractivity contribution in [2.45, 2.75) is 5.79 Å². The van der Waals surface area contributed by atoms with Gasteiger partial charge in [-0.05, 0) is 0 Å². The largest absolute Gasteiger partial charge is 0.320 e. The highest BCUT2D eigenvalue weighted by Gasteiger charge is 2.46. The topological polar surface area (TPSA) is 54.0 Å². The summed E-state index contributed by atoms with van der Waals surface area (Å²) in [6, 6.07) is 17.4. The van der Waals surface area contributed by atoms with Crippen LogP contribution in [0.5, 0.6) is 0 Å². The van der Waals surface area contributed by atoms with Gasteiger partial charge in [0.25, 0.3) is 0 Å². The molecule has 5 nitrogen and oxygen atoms in total. The second-order valence-corrected chi connectivity index (χ2v) is 4.18. The molecule has 2 rings (SSSR count). The van der Waals surface area contributed by atoms with Crippen LogP contribution in [0.4, 0.5) is 0 Å². The summed E-state index contributed by atoms with van der Waals surface area (Å²) in [5, 5.41) is 0. The van der Waals surface area contributed by atoms with Crippen LogP contribution in [0.15, 0.2) is 60.7 Å². The monoisotopic (exact) mass is 288 g/mol. The van der Waals surface area contributed by atoms with Gasteiger partial charge >= 0.3 is 5.79 Å². The van der Waals surface area contributed by atoms with Crippen molar-refractivity contribution in [3.8, 4) is 0 Å². The fraction of sp³-hybridized carbons (Fsp3) is 0.188. The van der Waals surface area contributed by atoms with E-state index in [2.05, 4.69) is 0 Å². The zero-order chi connectivity index (χ0) is 15.1. The lowest BCUT2D eigenvalue weighted by Crippen LogP contribution is -2.41. The van der Waals surface area contributed by atoms with E-state index in [1.807, 2.05) is 12.1 Å². The zero-order valence-electron chi connectivity index (χ0n) is 11.8. The summed E-state index contributed by atoms with van der Waals surface area (Å²) < 4.78 is 0. The molecular formula is C16H16O5. The Morgan fingerprint density at radius 1 is 0.810 bits per heavy atom. The van der Waals surface area contributed by atoms with Gasteiger partial charge in [-0.1, -0.05) is 60.7 Å². The molecule has 0 radical (unpaired) electrons. The number of benzene rings is 2. The third-order valence-corrected chi connectivity index (χ3v) is 2.89. The Hall–Kier alpha value is -2.05. The summed E-state index contributed by atoms with van der Waals surface area (Å²) in [5.41, 5.74) is 0.873. The summed E-state index contributed by atoms with van der Waals surface area (Å²) >= 11 is 0. The molecule has 0 amide bonds. The van der Waals surface area contributed by atoms with E-state index in [1.165, 1.54) is 14.2 Å². The first-order chi connectivity index (χ1) is 10.2. The number of rotatable bonds is 7. The average molecular weight is 288 g/mol. The molecule has 0 unspecified atom stereocenters. The molecule has 110 valence electrons. The number of ketones is 1. The Morgan fingerprint density at radius 2 is 1.29 bits per heavy atom. The van der Waals surface area contributed by atoms with Crippen molar-refractivity contribution in [3.63, 3.8) is 0 Å². The standard InChI is InChI=1S/C16H16O5/c1-18-20-16(21-19-2,14-11-7-4-8-12-14)15(17)13-9-5-3-6-10-13/h3-12H,1-2H3. The summed E-state index contributed by atoms with van der Waals surface area (Å²) in [7, 11) is 2.60. The number of Topliss-reactive ketones (excluding diaryl/α,β-unsaturated/α-hetero) is 1. The van der Waals surface area contributed by atoms with E-state index in [0.717, 1.165) is 0 Å². The van der Waals surface area contributed by atoms with Gasteiger partial charge in [-0.3, -0.25) is 4.79 Å². The lowest BCUT2D eigenvalue weighted by Gasteiger charge is -2.28. The number of carbonyl (C=O) groups is 1. The molecule has 0 saturated carbocycles. The van der Waals surface area contributed by atoms with Crippen molar-refractivity contribution in [1.82, 2.24) is 0 Å². The average Bonchev–Trinajstić information content (AvgIpc) is 2.55. The first kappa shape index (κ1) is 15.3. The first-order valence-electron chi connectivity index (χ1n) is 6.33. The molecule has 0 saturated heterocycles. The predicted molar refractivity (Wildman–Crippen MR) is 75.1 cm³/mol. The van der Waals surface area contributed by atoms with Crippen LogP contribution in [0, 0.1) is 0 Å². The van der Waals surface area contributed by atoms with E-state index in [4.69, 9.17) is 19.6 Å². The fourth-order valence-corrected chi connectivity index (χ4v) is 1.99. The van der Waals surface area contributed by atoms with E-state index >= 15 is 0 Å². The van der Waals surface area contributed by atoms with Crippen molar-refractivity contribution >= 4 is 5.78 Å². The quantitative estimate of drug-likeness (QED) is 0.339. The van der Waals surface area contributed by atoms with Crippen LogP contribution in [-0.2, 0) is 25.3 Å². The highest BCUT2D eigenvalue weighted by atomic mass is 17.3. The van der Waals surface area contributed by atoms with Gasteiger partial charge < -0.3 is 0 Å². The number of hydrogen-bond acceptors (Lipinski definition) is 5. The molecule has 0 heterocycles. The Kier molecular flexibility index (Phi) is 5.19. The van der Waals surface area contributed by atoms with Crippen LogP contribution < -0.4 is 0 Å². The van der Waals surface area contributed by atoms with Gasteiger partial charge in [0.1, 0.15) is 0 Å². The number of hydrogen-bond donors (Lipinski definition) is 0. The SMILES string of the molecule is COOC(OOC)(C(=O)c1ccccc1)c1ccccc1. The number of carbonyl (C=O) groups excluding carboxylic acids is 1. The van der Waals surface area contributed by atoms with Crippen molar-refractivity contribution in [3.05, 3.63) is 71.8 Å². The third-order valence-electron chi connectivity index (χ3n) is 2.89. The maximum atomic E-state index is 12.8. The molecule has 0 N–H and O–H groups in total. The van der Waals surface area contributed by atoms with Crippen molar-refractivity contribution in [2.24, 2.45) is 0 Å². The van der Waals surface area contributed by atoms with Crippen LogP contribution in [-0.4, -0.2) is 20.0 Å². The summed E-state index contributed by atoms with van der Waals surface area (Å²) in [4.78, 5) is 32.7. The van der Waals surface area contributed by atoms with Crippen LogP contribution in [0.2, 0.25) is 0 Å². The minimum absolute atomic E-state index is 0.412. The van der Waals surface area contributed by atoms with Gasteiger partial charge in [0.2, 0.25) is 5.78 Å². The predicted octanol–water partition coefficient (Wildman–Crippen LogP) is 2.88. The summed E-state index contributed by atoms with van der Waals surface area (Å²) in [6.07, 6.45) is 0. The van der Waals surface area contributed by atoms with E-state index in [1.54, 1.807) is 48.5 Å². The Morgan fingerprint density at radius 3 is 1.76 bits per heavy atom. The van der Waals surface area contributed by atoms with E-state index in [-0.39, 0.29) is 0 Å². The normalized spacial score (nSPS) is 11.3. The second-order valence-electron chi connectivity index (χ2n) is 4.18. The van der Waals surface area contributed by atoms with Crippen LogP contribution in [0.25, 0.3) is 0 Å². The van der Waals surface area contributed by atoms with Crippen LogP contribution in [0.3, 0.4) is 0 Å². The molecule has 0 aliphatic heterocycles. The molecule has 5 heteroatoms. The van der Waals surface area contributed by atoms with Crippen LogP contribution >= 0.6 is 0 Å². The van der Waals surface area contributed by atoms with Crippen molar-refractivity contribution < 1.29 is 24.3 Å². The first-order valence-corrected chi connectivity index (χ1v) is 6.33. The van der Waals surface area contributed by atoms with Gasteiger partial charge in [0, 0.05) is 11.1 Å². The van der Waals surface area contributed by atoms with Gasteiger partial charge in [0.05, 0.1) is 14.2 Å². The van der Waals surface area contributed by atoms with E-state index in [9.17, 15) is 4.79 Å². The molecule has 0 aromatic heterocycles. The second kappa shape index (κ2) is 7.10. The minimum Gasteiger partial charge on any atom is -0.287 e. The maximum Gasteiger partial charge on any atom is 0.320 e. The molecule has 0 aliphatic carbocycles. The molecule has 0 atom stereocenters. The Labute approximate surface area is 122 Å². The summed E-state index contributed by atoms with van der Waals surface area (Å²) in [6.45, 7) is 0. The fourth-order valence-electron chi connectivity index (χ4n) is 1.99. The molecular weight excluding hydrogens is 272 g/mol. The molecule has 2 aromatic carbocycles. The molecule has 0 fully saturated rings. The minimum atomic E-state index is -1.83. The van der Waals surface area contributed by atoms with E-state index in [0.29, 0.717) is 11.1 Å². The van der Waals surface area contributed by atoms with Gasteiger partial charge in [-0.2, -0.15) is 9.78 Å². The van der Waals surface area contributed by atoms with Crippen LogP contribution in [0.1, 0.15) is 15.9 Å². The van der Waals surface area contributed by atoms with Crippen molar-refractivity contribution in [2.75, 3.05) is 14.2 Å². The molecule has 0 aliphatic rings. The maximum absolute atomic E-state index is 12.8. The van der Waals surface area contributed by atoms with Gasteiger partial charge in [0.15, 0.2) is 0 Å². The Balaban J connectivity index is 2.51.